The fourth-order valence-corrected chi connectivity index (χ4v) is 2.74. The van der Waals surface area contributed by atoms with Crippen molar-refractivity contribution in [2.75, 3.05) is 0 Å². The number of benzene rings is 2. The van der Waals surface area contributed by atoms with Crippen LogP contribution < -0.4 is 0 Å². The molecule has 3 nitrogen and oxygen atoms in total. The van der Waals surface area contributed by atoms with Gasteiger partial charge in [0.15, 0.2) is 0 Å². The Kier molecular flexibility index (Phi) is 5.16. The number of aryl methyl sites for hydroxylation is 1. The number of rotatable bonds is 5. The van der Waals surface area contributed by atoms with Crippen molar-refractivity contribution in [1.82, 2.24) is 4.90 Å². The summed E-state index contributed by atoms with van der Waals surface area (Å²) in [6, 6.07) is 19.4. The molecule has 0 atom stereocenters. The minimum absolute atomic E-state index is 0.0144. The minimum Gasteiger partial charge on any atom is -0.467 e. The van der Waals surface area contributed by atoms with E-state index in [-0.39, 0.29) is 5.91 Å². The van der Waals surface area contributed by atoms with Crippen molar-refractivity contribution in [3.05, 3.63) is 93.9 Å². The van der Waals surface area contributed by atoms with Crippen LogP contribution in [0.1, 0.15) is 27.2 Å². The Labute approximate surface area is 150 Å². The third-order valence-corrected chi connectivity index (χ3v) is 4.33. The van der Waals surface area contributed by atoms with Crippen LogP contribution in [-0.4, -0.2) is 10.8 Å². The SMILES string of the molecule is Cc1ccc(CN(Cc2ccco2)C(=O)c2ccc(Br)cc2)cc1. The summed E-state index contributed by atoms with van der Waals surface area (Å²) in [4.78, 5) is 14.7. The van der Waals surface area contributed by atoms with Crippen LogP contribution in [0.3, 0.4) is 0 Å². The molecule has 0 N–H and O–H groups in total. The van der Waals surface area contributed by atoms with Crippen LogP contribution in [0.2, 0.25) is 0 Å². The third kappa shape index (κ3) is 4.15. The van der Waals surface area contributed by atoms with Gasteiger partial charge in [0.25, 0.3) is 5.91 Å². The van der Waals surface area contributed by atoms with Crippen molar-refractivity contribution in [3.8, 4) is 0 Å². The summed E-state index contributed by atoms with van der Waals surface area (Å²) in [7, 11) is 0. The van der Waals surface area contributed by atoms with E-state index in [1.165, 1.54) is 5.56 Å². The predicted molar refractivity (Wildman–Crippen MR) is 97.6 cm³/mol. The summed E-state index contributed by atoms with van der Waals surface area (Å²) < 4.78 is 6.38. The Morgan fingerprint density at radius 1 is 1.00 bits per heavy atom. The largest absolute Gasteiger partial charge is 0.467 e. The number of amides is 1. The fourth-order valence-electron chi connectivity index (χ4n) is 2.48. The molecule has 0 bridgehead atoms. The van der Waals surface area contributed by atoms with E-state index >= 15 is 0 Å². The van der Waals surface area contributed by atoms with E-state index in [1.54, 1.807) is 11.2 Å². The van der Waals surface area contributed by atoms with Gasteiger partial charge in [-0.2, -0.15) is 0 Å². The van der Waals surface area contributed by atoms with Crippen LogP contribution in [-0.2, 0) is 13.1 Å². The molecule has 0 aliphatic heterocycles. The zero-order valence-corrected chi connectivity index (χ0v) is 15.0. The summed E-state index contributed by atoms with van der Waals surface area (Å²) in [5, 5.41) is 0. The van der Waals surface area contributed by atoms with Crippen molar-refractivity contribution in [3.63, 3.8) is 0 Å². The lowest BCUT2D eigenvalue weighted by atomic mass is 10.1. The van der Waals surface area contributed by atoms with Gasteiger partial charge >= 0.3 is 0 Å². The molecule has 0 saturated heterocycles. The smallest absolute Gasteiger partial charge is 0.254 e. The summed E-state index contributed by atoms with van der Waals surface area (Å²) in [6.45, 7) is 3.03. The predicted octanol–water partition coefficient (Wildman–Crippen LogP) is 5.19. The minimum atomic E-state index is -0.0144. The second kappa shape index (κ2) is 7.49. The number of carbonyl (C=O) groups excluding carboxylic acids is 1. The Hall–Kier alpha value is -2.33. The molecule has 0 aliphatic rings. The van der Waals surface area contributed by atoms with Gasteiger partial charge in [0.1, 0.15) is 5.76 Å². The van der Waals surface area contributed by atoms with Gasteiger partial charge in [-0.3, -0.25) is 4.79 Å². The molecule has 0 unspecified atom stereocenters. The number of nitrogens with zero attached hydrogens (tertiary/aromatic N) is 1. The van der Waals surface area contributed by atoms with Gasteiger partial charge in [-0.05, 0) is 48.9 Å². The van der Waals surface area contributed by atoms with Crippen LogP contribution in [0, 0.1) is 6.92 Å². The highest BCUT2D eigenvalue weighted by Gasteiger charge is 2.17. The maximum atomic E-state index is 12.9. The lowest BCUT2D eigenvalue weighted by Crippen LogP contribution is -2.30. The standard InChI is InChI=1S/C20H18BrNO2/c1-15-4-6-16(7-5-15)13-22(14-19-3-2-12-24-19)20(23)17-8-10-18(21)11-9-17/h2-12H,13-14H2,1H3. The van der Waals surface area contributed by atoms with Crippen molar-refractivity contribution in [1.29, 1.82) is 0 Å². The Bertz CT molecular complexity index is 793. The molecule has 3 rings (SSSR count). The molecule has 0 aliphatic carbocycles. The maximum absolute atomic E-state index is 12.9. The number of halogens is 1. The first-order valence-electron chi connectivity index (χ1n) is 7.74. The number of furan rings is 1. The second-order valence-corrected chi connectivity index (χ2v) is 6.65. The first-order chi connectivity index (χ1) is 11.6. The highest BCUT2D eigenvalue weighted by atomic mass is 79.9. The zero-order valence-electron chi connectivity index (χ0n) is 13.4. The van der Waals surface area contributed by atoms with Crippen LogP contribution in [0.25, 0.3) is 0 Å². The van der Waals surface area contributed by atoms with Gasteiger partial charge in [0.2, 0.25) is 0 Å². The van der Waals surface area contributed by atoms with E-state index in [4.69, 9.17) is 4.42 Å². The average Bonchev–Trinajstić information content (AvgIpc) is 3.09. The zero-order chi connectivity index (χ0) is 16.9. The molecule has 24 heavy (non-hydrogen) atoms. The van der Waals surface area contributed by atoms with E-state index in [0.717, 1.165) is 15.8 Å². The average molecular weight is 384 g/mol. The summed E-state index contributed by atoms with van der Waals surface area (Å²) >= 11 is 3.40. The Balaban J connectivity index is 1.84. The maximum Gasteiger partial charge on any atom is 0.254 e. The molecule has 0 saturated carbocycles. The van der Waals surface area contributed by atoms with Crippen molar-refractivity contribution in [2.45, 2.75) is 20.0 Å². The number of hydrogen-bond donors (Lipinski definition) is 0. The fraction of sp³-hybridized carbons (Fsp3) is 0.150. The monoisotopic (exact) mass is 383 g/mol. The highest BCUT2D eigenvalue weighted by molar-refractivity contribution is 9.10. The second-order valence-electron chi connectivity index (χ2n) is 5.73. The first kappa shape index (κ1) is 16.5. The van der Waals surface area contributed by atoms with Crippen molar-refractivity contribution in [2.24, 2.45) is 0 Å². The molecule has 4 heteroatoms. The van der Waals surface area contributed by atoms with E-state index in [9.17, 15) is 4.79 Å². The molecule has 1 aromatic heterocycles. The highest BCUT2D eigenvalue weighted by Crippen LogP contribution is 2.17. The molecule has 122 valence electrons. The Morgan fingerprint density at radius 2 is 1.71 bits per heavy atom. The van der Waals surface area contributed by atoms with Gasteiger partial charge in [-0.15, -0.1) is 0 Å². The summed E-state index contributed by atoms with van der Waals surface area (Å²) in [5.74, 6) is 0.757. The Morgan fingerprint density at radius 3 is 2.33 bits per heavy atom. The molecule has 0 radical (unpaired) electrons. The number of hydrogen-bond acceptors (Lipinski definition) is 2. The first-order valence-corrected chi connectivity index (χ1v) is 8.54. The molecule has 0 spiro atoms. The molecule has 1 amide bonds. The van der Waals surface area contributed by atoms with Gasteiger partial charge in [0, 0.05) is 16.6 Å². The molecule has 0 fully saturated rings. The normalized spacial score (nSPS) is 10.6. The van der Waals surface area contributed by atoms with E-state index in [0.29, 0.717) is 18.7 Å². The van der Waals surface area contributed by atoms with Crippen LogP contribution in [0.5, 0.6) is 0 Å². The van der Waals surface area contributed by atoms with E-state index < -0.39 is 0 Å². The quantitative estimate of drug-likeness (QED) is 0.606. The summed E-state index contributed by atoms with van der Waals surface area (Å²) in [5.41, 5.74) is 2.96. The molecule has 3 aromatic rings. The third-order valence-electron chi connectivity index (χ3n) is 3.80. The molecule has 2 aromatic carbocycles. The summed E-state index contributed by atoms with van der Waals surface area (Å²) in [6.07, 6.45) is 1.63. The van der Waals surface area contributed by atoms with Gasteiger partial charge in [-0.1, -0.05) is 45.8 Å². The van der Waals surface area contributed by atoms with E-state index in [2.05, 4.69) is 47.1 Å². The van der Waals surface area contributed by atoms with Gasteiger partial charge in [-0.25, -0.2) is 0 Å². The lowest BCUT2D eigenvalue weighted by molar-refractivity contribution is 0.0717. The lowest BCUT2D eigenvalue weighted by Gasteiger charge is -2.22. The van der Waals surface area contributed by atoms with Crippen molar-refractivity contribution >= 4 is 21.8 Å². The van der Waals surface area contributed by atoms with Gasteiger partial charge < -0.3 is 9.32 Å². The molecular formula is C20H18BrNO2. The topological polar surface area (TPSA) is 33.5 Å². The molecular weight excluding hydrogens is 366 g/mol. The van der Waals surface area contributed by atoms with Crippen LogP contribution >= 0.6 is 15.9 Å². The van der Waals surface area contributed by atoms with Crippen molar-refractivity contribution < 1.29 is 9.21 Å². The van der Waals surface area contributed by atoms with Crippen LogP contribution in [0.4, 0.5) is 0 Å². The van der Waals surface area contributed by atoms with Gasteiger partial charge in [0.05, 0.1) is 12.8 Å². The molecule has 1 heterocycles. The van der Waals surface area contributed by atoms with Crippen LogP contribution in [0.15, 0.2) is 75.8 Å². The van der Waals surface area contributed by atoms with E-state index in [1.807, 2.05) is 36.4 Å². The number of carbonyl (C=O) groups is 1.